The molecule has 4 rings (SSSR count). The summed E-state index contributed by atoms with van der Waals surface area (Å²) in [5, 5.41) is 16.4. The molecule has 5 heteroatoms. The smallest absolute Gasteiger partial charge is 0.252 e. The number of hydrogen-bond donors (Lipinski definition) is 2. The first kappa shape index (κ1) is 17.0. The van der Waals surface area contributed by atoms with Gasteiger partial charge in [0.15, 0.2) is 0 Å². The average molecular weight is 356 g/mol. The van der Waals surface area contributed by atoms with Gasteiger partial charge in [0, 0.05) is 17.5 Å². The van der Waals surface area contributed by atoms with Crippen molar-refractivity contribution in [1.82, 2.24) is 10.3 Å². The molecule has 1 aliphatic rings. The molecule has 0 radical (unpaired) electrons. The van der Waals surface area contributed by atoms with Crippen LogP contribution in [0, 0.1) is 11.3 Å². The summed E-state index contributed by atoms with van der Waals surface area (Å²) in [7, 11) is 0. The molecule has 1 atom stereocenters. The van der Waals surface area contributed by atoms with E-state index in [1.54, 1.807) is 6.07 Å². The van der Waals surface area contributed by atoms with Gasteiger partial charge in [0.1, 0.15) is 5.82 Å². The predicted molar refractivity (Wildman–Crippen MR) is 105 cm³/mol. The molecule has 1 amide bonds. The van der Waals surface area contributed by atoms with E-state index in [-0.39, 0.29) is 11.9 Å². The van der Waals surface area contributed by atoms with Gasteiger partial charge < -0.3 is 10.6 Å². The van der Waals surface area contributed by atoms with Crippen molar-refractivity contribution < 1.29 is 4.79 Å². The molecule has 5 nitrogen and oxygen atoms in total. The highest BCUT2D eigenvalue weighted by molar-refractivity contribution is 6.07. The standard InChI is InChI=1S/C22H20N4O/c1-14(16-6-4-5-15(11-16)13-23)24-21-12-19(22(27)25-17-9-10-17)18-7-2-3-8-20(18)26-21/h2-8,11-12,14,17H,9-10H2,1H3,(H,24,26)(H,25,27). The lowest BCUT2D eigenvalue weighted by Gasteiger charge is -2.17. The average Bonchev–Trinajstić information content (AvgIpc) is 3.51. The summed E-state index contributed by atoms with van der Waals surface area (Å²) in [6.07, 6.45) is 2.10. The summed E-state index contributed by atoms with van der Waals surface area (Å²) in [6, 6.07) is 19.4. The van der Waals surface area contributed by atoms with Crippen LogP contribution in [0.2, 0.25) is 0 Å². The van der Waals surface area contributed by atoms with Crippen LogP contribution in [-0.2, 0) is 0 Å². The minimum absolute atomic E-state index is 0.0497. The van der Waals surface area contributed by atoms with Crippen LogP contribution < -0.4 is 10.6 Å². The third kappa shape index (κ3) is 3.75. The molecule has 0 bridgehead atoms. The van der Waals surface area contributed by atoms with Crippen LogP contribution in [0.15, 0.2) is 54.6 Å². The van der Waals surface area contributed by atoms with Crippen LogP contribution in [0.25, 0.3) is 10.9 Å². The van der Waals surface area contributed by atoms with E-state index < -0.39 is 0 Å². The molecular formula is C22H20N4O. The van der Waals surface area contributed by atoms with Crippen LogP contribution in [0.1, 0.15) is 47.3 Å². The van der Waals surface area contributed by atoms with Gasteiger partial charge in [-0.25, -0.2) is 4.98 Å². The first-order valence-electron chi connectivity index (χ1n) is 9.11. The first-order chi connectivity index (χ1) is 13.1. The number of nitrogens with zero attached hydrogens (tertiary/aromatic N) is 2. The number of nitriles is 1. The Bertz CT molecular complexity index is 1050. The van der Waals surface area contributed by atoms with Gasteiger partial charge in [0.2, 0.25) is 0 Å². The van der Waals surface area contributed by atoms with Gasteiger partial charge in [0.05, 0.1) is 22.7 Å². The van der Waals surface area contributed by atoms with Crippen LogP contribution in [0.3, 0.4) is 0 Å². The Kier molecular flexibility index (Phi) is 4.47. The number of hydrogen-bond acceptors (Lipinski definition) is 4. The predicted octanol–water partition coefficient (Wildman–Crippen LogP) is 4.17. The van der Waals surface area contributed by atoms with Gasteiger partial charge in [0.25, 0.3) is 5.91 Å². The largest absolute Gasteiger partial charge is 0.364 e. The second kappa shape index (κ2) is 7.08. The van der Waals surface area contributed by atoms with Gasteiger partial charge in [-0.15, -0.1) is 0 Å². The molecule has 0 spiro atoms. The van der Waals surface area contributed by atoms with Crippen molar-refractivity contribution in [3.63, 3.8) is 0 Å². The zero-order valence-corrected chi connectivity index (χ0v) is 15.1. The van der Waals surface area contributed by atoms with Gasteiger partial charge in [-0.1, -0.05) is 30.3 Å². The van der Waals surface area contributed by atoms with Crippen LogP contribution >= 0.6 is 0 Å². The molecule has 2 aromatic carbocycles. The zero-order valence-electron chi connectivity index (χ0n) is 15.1. The summed E-state index contributed by atoms with van der Waals surface area (Å²) in [5.74, 6) is 0.586. The summed E-state index contributed by atoms with van der Waals surface area (Å²) < 4.78 is 0. The van der Waals surface area contributed by atoms with Gasteiger partial charge in [-0.05, 0) is 49.6 Å². The molecule has 1 heterocycles. The van der Waals surface area contributed by atoms with Crippen molar-refractivity contribution in [2.75, 3.05) is 5.32 Å². The number of pyridine rings is 1. The van der Waals surface area contributed by atoms with E-state index in [2.05, 4.69) is 21.7 Å². The number of rotatable bonds is 5. The summed E-state index contributed by atoms with van der Waals surface area (Å²) >= 11 is 0. The second-order valence-corrected chi connectivity index (χ2v) is 6.92. The third-order valence-corrected chi connectivity index (χ3v) is 4.75. The van der Waals surface area contributed by atoms with Crippen LogP contribution in [-0.4, -0.2) is 16.9 Å². The highest BCUT2D eigenvalue weighted by Crippen LogP contribution is 2.26. The monoisotopic (exact) mass is 356 g/mol. The van der Waals surface area contributed by atoms with E-state index in [1.165, 1.54) is 0 Å². The highest BCUT2D eigenvalue weighted by Gasteiger charge is 2.25. The van der Waals surface area contributed by atoms with Crippen molar-refractivity contribution in [2.24, 2.45) is 0 Å². The maximum Gasteiger partial charge on any atom is 0.252 e. The molecule has 27 heavy (non-hydrogen) atoms. The molecule has 134 valence electrons. The van der Waals surface area contributed by atoms with Crippen LogP contribution in [0.5, 0.6) is 0 Å². The SMILES string of the molecule is CC(Nc1cc(C(=O)NC2CC2)c2ccccc2n1)c1cccc(C#N)c1. The Hall–Kier alpha value is -3.39. The third-order valence-electron chi connectivity index (χ3n) is 4.75. The Balaban J connectivity index is 1.66. The number of fused-ring (bicyclic) bond motifs is 1. The van der Waals surface area contributed by atoms with Crippen molar-refractivity contribution in [3.05, 3.63) is 71.3 Å². The number of carbonyl (C=O) groups is 1. The summed E-state index contributed by atoms with van der Waals surface area (Å²) in [4.78, 5) is 17.4. The minimum atomic E-state index is -0.0571. The number of anilines is 1. The zero-order chi connectivity index (χ0) is 18.8. The number of aromatic nitrogens is 1. The van der Waals surface area contributed by atoms with Crippen LogP contribution in [0.4, 0.5) is 5.82 Å². The Morgan fingerprint density at radius 3 is 2.78 bits per heavy atom. The van der Waals surface area contributed by atoms with E-state index in [0.717, 1.165) is 29.3 Å². The van der Waals surface area contributed by atoms with Crippen molar-refractivity contribution in [1.29, 1.82) is 5.26 Å². The van der Waals surface area contributed by atoms with E-state index in [4.69, 9.17) is 5.26 Å². The lowest BCUT2D eigenvalue weighted by molar-refractivity contribution is 0.0952. The molecule has 1 unspecified atom stereocenters. The van der Waals surface area contributed by atoms with Crippen molar-refractivity contribution in [2.45, 2.75) is 31.8 Å². The second-order valence-electron chi connectivity index (χ2n) is 6.92. The van der Waals surface area contributed by atoms with E-state index in [1.807, 2.05) is 55.5 Å². The summed E-state index contributed by atoms with van der Waals surface area (Å²) in [6.45, 7) is 2.01. The van der Waals surface area contributed by atoms with Gasteiger partial charge in [-0.3, -0.25) is 4.79 Å². The molecule has 3 aromatic rings. The van der Waals surface area contributed by atoms with E-state index in [0.29, 0.717) is 23.0 Å². The minimum Gasteiger partial charge on any atom is -0.364 e. The number of amides is 1. The molecule has 1 aliphatic carbocycles. The Labute approximate surface area is 158 Å². The van der Waals surface area contributed by atoms with E-state index in [9.17, 15) is 4.79 Å². The maximum atomic E-state index is 12.7. The number of carbonyl (C=O) groups excluding carboxylic acids is 1. The molecule has 1 fully saturated rings. The molecule has 1 aromatic heterocycles. The molecule has 1 saturated carbocycles. The highest BCUT2D eigenvalue weighted by atomic mass is 16.1. The fraction of sp³-hybridized carbons (Fsp3) is 0.227. The Morgan fingerprint density at radius 2 is 2.00 bits per heavy atom. The lowest BCUT2D eigenvalue weighted by atomic mass is 10.0. The van der Waals surface area contributed by atoms with Gasteiger partial charge in [-0.2, -0.15) is 5.26 Å². The topological polar surface area (TPSA) is 77.8 Å². The first-order valence-corrected chi connectivity index (χ1v) is 9.11. The fourth-order valence-corrected chi connectivity index (χ4v) is 3.11. The van der Waals surface area contributed by atoms with E-state index >= 15 is 0 Å². The normalized spacial score (nSPS) is 14.4. The molecule has 2 N–H and O–H groups in total. The molecule has 0 aliphatic heterocycles. The Morgan fingerprint density at radius 1 is 1.19 bits per heavy atom. The fourth-order valence-electron chi connectivity index (χ4n) is 3.11. The quantitative estimate of drug-likeness (QED) is 0.719. The van der Waals surface area contributed by atoms with Gasteiger partial charge >= 0.3 is 0 Å². The molecule has 0 saturated heterocycles. The number of benzene rings is 2. The number of para-hydroxylation sites is 1. The summed E-state index contributed by atoms with van der Waals surface area (Å²) in [5.41, 5.74) is 3.03. The molecular weight excluding hydrogens is 336 g/mol. The van der Waals surface area contributed by atoms with Crippen molar-refractivity contribution >= 4 is 22.6 Å². The number of nitrogens with one attached hydrogen (secondary N) is 2. The maximum absolute atomic E-state index is 12.7. The van der Waals surface area contributed by atoms with Crippen molar-refractivity contribution in [3.8, 4) is 6.07 Å². The lowest BCUT2D eigenvalue weighted by Crippen LogP contribution is -2.26.